The van der Waals surface area contributed by atoms with E-state index in [2.05, 4.69) is 17.6 Å². The van der Waals surface area contributed by atoms with Gasteiger partial charge in [-0.2, -0.15) is 0 Å². The largest absolute Gasteiger partial charge is 0.362 e. The van der Waals surface area contributed by atoms with Crippen LogP contribution in [0.2, 0.25) is 5.02 Å². The van der Waals surface area contributed by atoms with Gasteiger partial charge in [0, 0.05) is 28.3 Å². The minimum Gasteiger partial charge on any atom is -0.362 e. The highest BCUT2D eigenvalue weighted by molar-refractivity contribution is 7.99. The Bertz CT molecular complexity index is 436. The lowest BCUT2D eigenvalue weighted by Crippen LogP contribution is -2.41. The first-order chi connectivity index (χ1) is 9.63. The number of hydrogen-bond donors (Lipinski definition) is 2. The van der Waals surface area contributed by atoms with Gasteiger partial charge in [0.05, 0.1) is 0 Å². The first-order valence-corrected chi connectivity index (χ1v) is 8.83. The van der Waals surface area contributed by atoms with E-state index in [0.29, 0.717) is 6.04 Å². The molecule has 20 heavy (non-hydrogen) atoms. The second kappa shape index (κ2) is 8.11. The van der Waals surface area contributed by atoms with Crippen LogP contribution in [-0.2, 0) is 0 Å². The van der Waals surface area contributed by atoms with Crippen LogP contribution >= 0.6 is 35.6 Å². The second-order valence-electron chi connectivity index (χ2n) is 5.32. The van der Waals surface area contributed by atoms with E-state index in [9.17, 15) is 0 Å². The molecular weight excluding hydrogens is 308 g/mol. The maximum atomic E-state index is 5.86. The monoisotopic (exact) mass is 328 g/mol. The van der Waals surface area contributed by atoms with Crippen LogP contribution in [0, 0.1) is 5.92 Å². The van der Waals surface area contributed by atoms with Crippen molar-refractivity contribution in [3.8, 4) is 0 Å². The molecule has 0 heterocycles. The van der Waals surface area contributed by atoms with Crippen LogP contribution in [0.15, 0.2) is 29.2 Å². The van der Waals surface area contributed by atoms with Gasteiger partial charge in [-0.3, -0.25) is 0 Å². The van der Waals surface area contributed by atoms with Gasteiger partial charge in [-0.25, -0.2) is 0 Å². The zero-order valence-electron chi connectivity index (χ0n) is 11.7. The quantitative estimate of drug-likeness (QED) is 0.483. The highest BCUT2D eigenvalue weighted by Crippen LogP contribution is 2.24. The molecule has 0 radical (unpaired) electrons. The van der Waals surface area contributed by atoms with Gasteiger partial charge >= 0.3 is 0 Å². The average Bonchev–Trinajstić information content (AvgIpc) is 2.82. The third kappa shape index (κ3) is 5.51. The van der Waals surface area contributed by atoms with Crippen molar-refractivity contribution in [2.24, 2.45) is 5.92 Å². The minimum absolute atomic E-state index is 0.564. The first kappa shape index (κ1) is 15.9. The standard InChI is InChI=1S/C15H21ClN2S2/c1-11-2-5-13(10-11)18-15(19)17-8-9-20-14-6-3-12(16)4-7-14/h3-4,6-7,11,13H,2,5,8-10H2,1H3,(H2,17,18,19). The van der Waals surface area contributed by atoms with Crippen LogP contribution in [0.25, 0.3) is 0 Å². The van der Waals surface area contributed by atoms with Crippen LogP contribution in [0.3, 0.4) is 0 Å². The van der Waals surface area contributed by atoms with E-state index in [-0.39, 0.29) is 0 Å². The molecule has 0 spiro atoms. The molecule has 1 aliphatic carbocycles. The summed E-state index contributed by atoms with van der Waals surface area (Å²) in [6, 6.07) is 8.50. The lowest BCUT2D eigenvalue weighted by molar-refractivity contribution is 0.568. The molecule has 2 unspecified atom stereocenters. The van der Waals surface area contributed by atoms with Gasteiger partial charge in [-0.1, -0.05) is 18.5 Å². The Morgan fingerprint density at radius 2 is 2.10 bits per heavy atom. The van der Waals surface area contributed by atoms with E-state index in [1.807, 2.05) is 24.3 Å². The summed E-state index contributed by atoms with van der Waals surface area (Å²) in [5, 5.41) is 8.26. The third-order valence-corrected chi connectivity index (χ3v) is 5.03. The molecule has 5 heteroatoms. The van der Waals surface area contributed by atoms with Crippen LogP contribution in [0.1, 0.15) is 26.2 Å². The normalized spacial score (nSPS) is 21.7. The van der Waals surface area contributed by atoms with Crippen molar-refractivity contribution in [3.63, 3.8) is 0 Å². The molecule has 0 aromatic heterocycles. The van der Waals surface area contributed by atoms with E-state index >= 15 is 0 Å². The summed E-state index contributed by atoms with van der Waals surface area (Å²) < 4.78 is 0. The van der Waals surface area contributed by atoms with E-state index in [1.54, 1.807) is 11.8 Å². The summed E-state index contributed by atoms with van der Waals surface area (Å²) in [5.41, 5.74) is 0. The van der Waals surface area contributed by atoms with Gasteiger partial charge in [-0.05, 0) is 61.7 Å². The van der Waals surface area contributed by atoms with E-state index in [4.69, 9.17) is 23.8 Å². The van der Waals surface area contributed by atoms with Gasteiger partial charge in [0.2, 0.25) is 0 Å². The molecule has 1 aromatic carbocycles. The molecule has 1 fully saturated rings. The minimum atomic E-state index is 0.564. The Kier molecular flexibility index (Phi) is 6.46. The maximum Gasteiger partial charge on any atom is 0.166 e. The van der Waals surface area contributed by atoms with Gasteiger partial charge in [0.1, 0.15) is 0 Å². The van der Waals surface area contributed by atoms with E-state index in [0.717, 1.165) is 28.4 Å². The summed E-state index contributed by atoms with van der Waals surface area (Å²) >= 11 is 13.0. The fourth-order valence-electron chi connectivity index (χ4n) is 2.44. The van der Waals surface area contributed by atoms with Gasteiger partial charge < -0.3 is 10.6 Å². The van der Waals surface area contributed by atoms with Crippen molar-refractivity contribution >= 4 is 40.7 Å². The van der Waals surface area contributed by atoms with Crippen molar-refractivity contribution in [3.05, 3.63) is 29.3 Å². The summed E-state index contributed by atoms with van der Waals surface area (Å²) in [5.74, 6) is 1.82. The second-order valence-corrected chi connectivity index (χ2v) is 7.33. The molecule has 2 rings (SSSR count). The summed E-state index contributed by atoms with van der Waals surface area (Å²) in [7, 11) is 0. The molecule has 0 bridgehead atoms. The Morgan fingerprint density at radius 1 is 1.35 bits per heavy atom. The van der Waals surface area contributed by atoms with Crippen molar-refractivity contribution in [2.45, 2.75) is 37.1 Å². The Labute approximate surface area is 136 Å². The highest BCUT2D eigenvalue weighted by atomic mass is 35.5. The summed E-state index contributed by atoms with van der Waals surface area (Å²) in [6.07, 6.45) is 3.79. The molecule has 1 aliphatic rings. The van der Waals surface area contributed by atoms with Gasteiger partial charge in [0.25, 0.3) is 0 Å². The van der Waals surface area contributed by atoms with Crippen molar-refractivity contribution in [2.75, 3.05) is 12.3 Å². The maximum absolute atomic E-state index is 5.86. The molecule has 0 amide bonds. The molecule has 2 nitrogen and oxygen atoms in total. The Balaban J connectivity index is 1.58. The SMILES string of the molecule is CC1CCC(NC(=S)NCCSc2ccc(Cl)cc2)C1. The number of thiocarbonyl (C=S) groups is 1. The molecule has 0 aliphatic heterocycles. The zero-order valence-corrected chi connectivity index (χ0v) is 14.1. The number of rotatable bonds is 5. The van der Waals surface area contributed by atoms with Crippen molar-refractivity contribution in [1.82, 2.24) is 10.6 Å². The summed E-state index contributed by atoms with van der Waals surface area (Å²) in [4.78, 5) is 1.24. The number of hydrogen-bond acceptors (Lipinski definition) is 2. The Hall–Kier alpha value is -0.450. The van der Waals surface area contributed by atoms with Crippen LogP contribution in [0.5, 0.6) is 0 Å². The molecular formula is C15H21ClN2S2. The predicted octanol–water partition coefficient (Wildman–Crippen LogP) is 4.08. The fraction of sp³-hybridized carbons (Fsp3) is 0.533. The van der Waals surface area contributed by atoms with Gasteiger partial charge in [0.15, 0.2) is 5.11 Å². The Morgan fingerprint density at radius 3 is 2.75 bits per heavy atom. The molecule has 110 valence electrons. The lowest BCUT2D eigenvalue weighted by atomic mass is 10.1. The van der Waals surface area contributed by atoms with Crippen LogP contribution in [0.4, 0.5) is 0 Å². The van der Waals surface area contributed by atoms with Crippen LogP contribution in [-0.4, -0.2) is 23.5 Å². The summed E-state index contributed by atoms with van der Waals surface area (Å²) in [6.45, 7) is 3.18. The van der Waals surface area contributed by atoms with E-state index in [1.165, 1.54) is 24.2 Å². The molecule has 1 aromatic rings. The van der Waals surface area contributed by atoms with E-state index < -0.39 is 0 Å². The number of thioether (sulfide) groups is 1. The predicted molar refractivity (Wildman–Crippen MR) is 92.7 cm³/mol. The van der Waals surface area contributed by atoms with Crippen LogP contribution < -0.4 is 10.6 Å². The highest BCUT2D eigenvalue weighted by Gasteiger charge is 2.21. The smallest absolute Gasteiger partial charge is 0.166 e. The zero-order chi connectivity index (χ0) is 14.4. The lowest BCUT2D eigenvalue weighted by Gasteiger charge is -2.16. The van der Waals surface area contributed by atoms with Crippen molar-refractivity contribution in [1.29, 1.82) is 0 Å². The molecule has 2 atom stereocenters. The van der Waals surface area contributed by atoms with Gasteiger partial charge in [-0.15, -0.1) is 11.8 Å². The van der Waals surface area contributed by atoms with Crippen molar-refractivity contribution < 1.29 is 0 Å². The number of nitrogens with one attached hydrogen (secondary N) is 2. The molecule has 1 saturated carbocycles. The first-order valence-electron chi connectivity index (χ1n) is 7.06. The molecule has 0 saturated heterocycles. The molecule has 2 N–H and O–H groups in total. The number of halogens is 1. The topological polar surface area (TPSA) is 24.1 Å². The fourth-order valence-corrected chi connectivity index (χ4v) is 3.60. The average molecular weight is 329 g/mol. The third-order valence-electron chi connectivity index (χ3n) is 3.50. The number of benzene rings is 1.